The largest absolute Gasteiger partial charge is 0.500 e. The zero-order valence-corrected chi connectivity index (χ0v) is 27.0. The van der Waals surface area contributed by atoms with E-state index in [9.17, 15) is 4.79 Å². The SMILES string of the molecule is CCO[Si](CCCN(CCC[Si](OCC)(OCC)OCC)CCC(=O)OCCN(C)C)(OCC)OCC. The molecule has 0 rings (SSSR count). The topological polar surface area (TPSA) is 88.2 Å². The lowest BCUT2D eigenvalue weighted by Crippen LogP contribution is -2.47. The fourth-order valence-electron chi connectivity index (χ4n) is 4.04. The van der Waals surface area contributed by atoms with E-state index in [0.717, 1.165) is 38.0 Å². The van der Waals surface area contributed by atoms with Crippen LogP contribution in [0.2, 0.25) is 12.1 Å². The second-order valence-corrected chi connectivity index (χ2v) is 14.3. The van der Waals surface area contributed by atoms with E-state index in [1.165, 1.54) is 0 Å². The average Bonchev–Trinajstić information content (AvgIpc) is 2.83. The van der Waals surface area contributed by atoms with Crippen LogP contribution in [0.3, 0.4) is 0 Å². The van der Waals surface area contributed by atoms with Gasteiger partial charge in [0.25, 0.3) is 0 Å². The van der Waals surface area contributed by atoms with Gasteiger partial charge in [0, 0.05) is 64.8 Å². The number of nitrogens with zero attached hydrogens (tertiary/aromatic N) is 2. The van der Waals surface area contributed by atoms with Crippen molar-refractivity contribution in [2.45, 2.75) is 72.9 Å². The number of hydrogen-bond acceptors (Lipinski definition) is 10. The van der Waals surface area contributed by atoms with Crippen molar-refractivity contribution in [2.24, 2.45) is 0 Å². The van der Waals surface area contributed by atoms with Gasteiger partial charge < -0.3 is 41.1 Å². The minimum Gasteiger partial charge on any atom is -0.464 e. The molecule has 0 aliphatic rings. The summed E-state index contributed by atoms with van der Waals surface area (Å²) in [5, 5.41) is 0. The van der Waals surface area contributed by atoms with Gasteiger partial charge in [0.05, 0.1) is 6.42 Å². The zero-order valence-electron chi connectivity index (χ0n) is 25.0. The molecule has 0 aliphatic carbocycles. The van der Waals surface area contributed by atoms with Gasteiger partial charge in [-0.25, -0.2) is 0 Å². The van der Waals surface area contributed by atoms with E-state index in [1.807, 2.05) is 60.5 Å². The maximum absolute atomic E-state index is 12.3. The van der Waals surface area contributed by atoms with Crippen LogP contribution < -0.4 is 0 Å². The molecule has 0 aromatic carbocycles. The zero-order chi connectivity index (χ0) is 28.0. The molecule has 10 nitrogen and oxygen atoms in total. The lowest BCUT2D eigenvalue weighted by Gasteiger charge is -2.31. The molecular formula is C25H56N2O8Si2. The first-order valence-corrected chi connectivity index (χ1v) is 18.0. The van der Waals surface area contributed by atoms with Crippen LogP contribution >= 0.6 is 0 Å². The summed E-state index contributed by atoms with van der Waals surface area (Å²) in [7, 11) is -1.49. The van der Waals surface area contributed by atoms with Crippen LogP contribution in [0.25, 0.3) is 0 Å². The molecule has 0 atom stereocenters. The molecule has 0 spiro atoms. The van der Waals surface area contributed by atoms with E-state index in [1.54, 1.807) is 0 Å². The van der Waals surface area contributed by atoms with E-state index >= 15 is 0 Å². The Labute approximate surface area is 228 Å². The number of likely N-dealkylation sites (N-methyl/N-ethyl adjacent to an activating group) is 1. The summed E-state index contributed by atoms with van der Waals surface area (Å²) < 4.78 is 41.5. The molecule has 37 heavy (non-hydrogen) atoms. The molecule has 0 aromatic rings. The highest BCUT2D eigenvalue weighted by atomic mass is 28.4. The van der Waals surface area contributed by atoms with Gasteiger partial charge in [-0.3, -0.25) is 4.79 Å². The predicted molar refractivity (Wildman–Crippen MR) is 151 cm³/mol. The number of ether oxygens (including phenoxy) is 1. The minimum atomic E-state index is -2.70. The third-order valence-electron chi connectivity index (χ3n) is 5.53. The van der Waals surface area contributed by atoms with Crippen LogP contribution in [-0.4, -0.2) is 120 Å². The van der Waals surface area contributed by atoms with Crippen molar-refractivity contribution < 1.29 is 36.1 Å². The Morgan fingerprint density at radius 3 is 1.30 bits per heavy atom. The number of esters is 1. The number of hydrogen-bond donors (Lipinski definition) is 0. The number of carbonyl (C=O) groups is 1. The van der Waals surface area contributed by atoms with Gasteiger partial charge in [0.2, 0.25) is 0 Å². The third-order valence-corrected chi connectivity index (χ3v) is 11.8. The summed E-state index contributed by atoms with van der Waals surface area (Å²) in [6, 6.07) is 1.48. The summed E-state index contributed by atoms with van der Waals surface area (Å²) in [5.74, 6) is -0.171. The van der Waals surface area contributed by atoms with E-state index in [2.05, 4.69) is 4.90 Å². The summed E-state index contributed by atoms with van der Waals surface area (Å²) >= 11 is 0. The number of carbonyl (C=O) groups excluding carboxylic acids is 1. The molecule has 0 saturated carbocycles. The highest BCUT2D eigenvalue weighted by Crippen LogP contribution is 2.21. The summed E-state index contributed by atoms with van der Waals surface area (Å²) in [6.07, 6.45) is 2.06. The second kappa shape index (κ2) is 22.4. The Morgan fingerprint density at radius 2 is 0.973 bits per heavy atom. The Balaban J connectivity index is 5.18. The van der Waals surface area contributed by atoms with Crippen molar-refractivity contribution in [3.63, 3.8) is 0 Å². The molecular weight excluding hydrogens is 512 g/mol. The standard InChI is InChI=1S/C25H56N2O8Si2/c1-9-30-36(31-10-2,32-11-3)23-15-18-27(20-17-25(28)29-22-21-26(7)8)19-16-24-37(33-12-4,34-13-5)35-14-6/h9-24H2,1-8H3. The van der Waals surface area contributed by atoms with Gasteiger partial charge >= 0.3 is 23.6 Å². The maximum Gasteiger partial charge on any atom is 0.500 e. The van der Waals surface area contributed by atoms with Crippen LogP contribution in [-0.2, 0) is 36.1 Å². The predicted octanol–water partition coefficient (Wildman–Crippen LogP) is 3.66. The summed E-state index contributed by atoms with van der Waals surface area (Å²) in [6.45, 7) is 18.6. The van der Waals surface area contributed by atoms with Crippen molar-refractivity contribution in [3.05, 3.63) is 0 Å². The van der Waals surface area contributed by atoms with Gasteiger partial charge in [0.1, 0.15) is 6.61 Å². The summed E-state index contributed by atoms with van der Waals surface area (Å²) in [5.41, 5.74) is 0. The van der Waals surface area contributed by atoms with E-state index < -0.39 is 17.6 Å². The second-order valence-electron chi connectivity index (χ2n) is 8.79. The fourth-order valence-corrected chi connectivity index (χ4v) is 9.23. The van der Waals surface area contributed by atoms with Crippen LogP contribution in [0, 0.1) is 0 Å². The van der Waals surface area contributed by atoms with Crippen molar-refractivity contribution in [1.29, 1.82) is 0 Å². The molecule has 0 saturated heterocycles. The average molecular weight is 569 g/mol. The van der Waals surface area contributed by atoms with Crippen LogP contribution in [0.4, 0.5) is 0 Å². The molecule has 0 N–H and O–H groups in total. The van der Waals surface area contributed by atoms with E-state index in [0.29, 0.717) is 65.8 Å². The normalized spacial score (nSPS) is 12.6. The first-order chi connectivity index (χ1) is 17.8. The quantitative estimate of drug-likeness (QED) is 0.114. The Morgan fingerprint density at radius 1 is 0.595 bits per heavy atom. The van der Waals surface area contributed by atoms with Crippen molar-refractivity contribution in [3.8, 4) is 0 Å². The molecule has 0 bridgehead atoms. The molecule has 0 heterocycles. The van der Waals surface area contributed by atoms with Gasteiger partial charge in [-0.05, 0) is 81.6 Å². The molecule has 0 amide bonds. The maximum atomic E-state index is 12.3. The molecule has 12 heteroatoms. The monoisotopic (exact) mass is 568 g/mol. The smallest absolute Gasteiger partial charge is 0.464 e. The Hall–Kier alpha value is -0.416. The summed E-state index contributed by atoms with van der Waals surface area (Å²) in [4.78, 5) is 16.6. The molecule has 222 valence electrons. The fraction of sp³-hybridized carbons (Fsp3) is 0.960. The van der Waals surface area contributed by atoms with Gasteiger partial charge in [-0.1, -0.05) is 0 Å². The molecule has 0 aromatic heterocycles. The Kier molecular flexibility index (Phi) is 22.2. The van der Waals surface area contributed by atoms with Gasteiger partial charge in [-0.15, -0.1) is 0 Å². The molecule has 0 aliphatic heterocycles. The highest BCUT2D eigenvalue weighted by Gasteiger charge is 2.41. The van der Waals surface area contributed by atoms with Crippen molar-refractivity contribution in [1.82, 2.24) is 9.80 Å². The Bertz CT molecular complexity index is 495. The first kappa shape index (κ1) is 36.6. The van der Waals surface area contributed by atoms with E-state index in [-0.39, 0.29) is 5.97 Å². The molecule has 0 fully saturated rings. The van der Waals surface area contributed by atoms with Crippen LogP contribution in [0.15, 0.2) is 0 Å². The van der Waals surface area contributed by atoms with Crippen LogP contribution in [0.1, 0.15) is 60.8 Å². The molecule has 0 radical (unpaired) electrons. The van der Waals surface area contributed by atoms with Crippen LogP contribution in [0.5, 0.6) is 0 Å². The van der Waals surface area contributed by atoms with Gasteiger partial charge in [0.15, 0.2) is 0 Å². The third kappa shape index (κ3) is 17.0. The molecule has 0 unspecified atom stereocenters. The lowest BCUT2D eigenvalue weighted by molar-refractivity contribution is -0.144. The highest BCUT2D eigenvalue weighted by molar-refractivity contribution is 6.61. The lowest BCUT2D eigenvalue weighted by atomic mass is 10.3. The number of rotatable bonds is 26. The van der Waals surface area contributed by atoms with Gasteiger partial charge in [-0.2, -0.15) is 0 Å². The van der Waals surface area contributed by atoms with Crippen molar-refractivity contribution >= 4 is 23.6 Å². The van der Waals surface area contributed by atoms with E-state index in [4.69, 9.17) is 31.3 Å². The van der Waals surface area contributed by atoms with Crippen molar-refractivity contribution in [2.75, 3.05) is 86.5 Å². The minimum absolute atomic E-state index is 0.171. The first-order valence-electron chi connectivity index (χ1n) is 14.1.